The molecule has 0 aromatic carbocycles. The number of halogens is 1. The quantitative estimate of drug-likeness (QED) is 0.851. The van der Waals surface area contributed by atoms with Crippen molar-refractivity contribution >= 4 is 44.3 Å². The predicted molar refractivity (Wildman–Crippen MR) is 78.4 cm³/mol. The van der Waals surface area contributed by atoms with Gasteiger partial charge in [-0.3, -0.25) is 0 Å². The van der Waals surface area contributed by atoms with Crippen LogP contribution in [0.15, 0.2) is 33.9 Å². The maximum absolute atomic E-state index is 11.9. The average molecular weight is 338 g/mol. The fourth-order valence-electron chi connectivity index (χ4n) is 1.47. The third kappa shape index (κ3) is 4.01. The van der Waals surface area contributed by atoms with Gasteiger partial charge in [-0.15, -0.1) is 22.7 Å². The molecular weight excluding hydrogens is 326 g/mol. The lowest BCUT2D eigenvalue weighted by Gasteiger charge is -2.09. The van der Waals surface area contributed by atoms with E-state index in [4.69, 9.17) is 11.6 Å². The van der Waals surface area contributed by atoms with Crippen LogP contribution in [-0.4, -0.2) is 20.1 Å². The Morgan fingerprint density at radius 3 is 2.74 bits per heavy atom. The van der Waals surface area contributed by atoms with Crippen LogP contribution in [0.25, 0.3) is 0 Å². The molecule has 0 aliphatic heterocycles. The number of aliphatic hydroxyl groups is 1. The Kier molecular flexibility index (Phi) is 4.99. The third-order valence-corrected chi connectivity index (χ3v) is 6.55. The molecule has 0 bridgehead atoms. The van der Waals surface area contributed by atoms with E-state index in [0.717, 1.165) is 16.2 Å². The lowest BCUT2D eigenvalue weighted by Crippen LogP contribution is -2.25. The van der Waals surface area contributed by atoms with Crippen LogP contribution in [0, 0.1) is 0 Å². The van der Waals surface area contributed by atoms with Gasteiger partial charge in [0.1, 0.15) is 4.21 Å². The van der Waals surface area contributed by atoms with Crippen LogP contribution in [0.1, 0.15) is 17.4 Å². The predicted octanol–water partition coefficient (Wildman–Crippen LogP) is 2.87. The number of nitrogens with one attached hydrogen (secondary N) is 1. The molecule has 0 saturated carbocycles. The Balaban J connectivity index is 1.89. The zero-order chi connectivity index (χ0) is 13.9. The summed E-state index contributed by atoms with van der Waals surface area (Å²) in [7, 11) is -3.53. The van der Waals surface area contributed by atoms with Gasteiger partial charge in [0.2, 0.25) is 10.0 Å². The second-order valence-electron chi connectivity index (χ2n) is 3.78. The van der Waals surface area contributed by atoms with Crippen molar-refractivity contribution in [3.63, 3.8) is 0 Å². The topological polar surface area (TPSA) is 66.4 Å². The molecule has 0 radical (unpaired) electrons. The summed E-state index contributed by atoms with van der Waals surface area (Å²) in [5.41, 5.74) is 0. The Labute approximate surface area is 124 Å². The van der Waals surface area contributed by atoms with Crippen molar-refractivity contribution in [1.29, 1.82) is 0 Å². The lowest BCUT2D eigenvalue weighted by atomic mass is 10.2. The van der Waals surface area contributed by atoms with Gasteiger partial charge in [-0.1, -0.05) is 17.7 Å². The van der Waals surface area contributed by atoms with Gasteiger partial charge in [0.15, 0.2) is 0 Å². The highest BCUT2D eigenvalue weighted by Crippen LogP contribution is 2.25. The summed E-state index contributed by atoms with van der Waals surface area (Å²) in [5, 5.41) is 11.7. The zero-order valence-corrected chi connectivity index (χ0v) is 13.0. The molecule has 0 saturated heterocycles. The fourth-order valence-corrected chi connectivity index (χ4v) is 4.79. The molecule has 1 atom stereocenters. The molecular formula is C11H12ClNO3S3. The second-order valence-corrected chi connectivity index (χ2v) is 8.46. The minimum Gasteiger partial charge on any atom is -0.388 e. The normalized spacial score (nSPS) is 13.6. The molecule has 19 heavy (non-hydrogen) atoms. The van der Waals surface area contributed by atoms with Gasteiger partial charge in [0.25, 0.3) is 0 Å². The number of rotatable bonds is 6. The van der Waals surface area contributed by atoms with Crippen molar-refractivity contribution < 1.29 is 13.5 Å². The van der Waals surface area contributed by atoms with Crippen LogP contribution < -0.4 is 4.72 Å². The number of hydrogen-bond donors (Lipinski definition) is 2. The maximum atomic E-state index is 11.9. The molecule has 0 amide bonds. The number of thiophene rings is 2. The first-order valence-corrected chi connectivity index (χ1v) is 9.01. The molecule has 0 spiro atoms. The molecule has 104 valence electrons. The highest BCUT2D eigenvalue weighted by atomic mass is 35.5. The summed E-state index contributed by atoms with van der Waals surface area (Å²) >= 11 is 8.16. The van der Waals surface area contributed by atoms with E-state index in [9.17, 15) is 13.5 Å². The summed E-state index contributed by atoms with van der Waals surface area (Å²) in [6.45, 7) is 0.177. The highest BCUT2D eigenvalue weighted by Gasteiger charge is 2.17. The Morgan fingerprint density at radius 2 is 2.16 bits per heavy atom. The molecule has 8 heteroatoms. The van der Waals surface area contributed by atoms with Crippen LogP contribution in [0.2, 0.25) is 4.34 Å². The largest absolute Gasteiger partial charge is 0.388 e. The molecule has 2 rings (SSSR count). The van der Waals surface area contributed by atoms with Gasteiger partial charge >= 0.3 is 0 Å². The van der Waals surface area contributed by atoms with Gasteiger partial charge < -0.3 is 5.11 Å². The van der Waals surface area contributed by atoms with E-state index in [0.29, 0.717) is 10.8 Å². The van der Waals surface area contributed by atoms with Gasteiger partial charge in [-0.05, 0) is 30.0 Å². The first kappa shape index (κ1) is 15.0. The fraction of sp³-hybridized carbons (Fsp3) is 0.273. The molecule has 0 aliphatic rings. The molecule has 0 aliphatic carbocycles. The summed E-state index contributed by atoms with van der Waals surface area (Å²) in [4.78, 5) is 0.832. The van der Waals surface area contributed by atoms with Crippen molar-refractivity contribution in [2.45, 2.75) is 16.7 Å². The zero-order valence-electron chi connectivity index (χ0n) is 9.74. The van der Waals surface area contributed by atoms with Gasteiger partial charge in [0.05, 0.1) is 10.4 Å². The van der Waals surface area contributed by atoms with Crippen molar-refractivity contribution in [2.75, 3.05) is 6.54 Å². The van der Waals surface area contributed by atoms with Crippen molar-refractivity contribution in [2.24, 2.45) is 0 Å². The monoisotopic (exact) mass is 337 g/mol. The summed E-state index contributed by atoms with van der Waals surface area (Å²) < 4.78 is 26.8. The Bertz CT molecular complexity index is 621. The van der Waals surface area contributed by atoms with Gasteiger partial charge in [-0.25, -0.2) is 13.1 Å². The minimum atomic E-state index is -3.53. The van der Waals surface area contributed by atoms with Crippen molar-refractivity contribution in [3.8, 4) is 0 Å². The van der Waals surface area contributed by atoms with Crippen LogP contribution in [0.5, 0.6) is 0 Å². The number of aliphatic hydroxyl groups excluding tert-OH is 1. The molecule has 4 nitrogen and oxygen atoms in total. The van der Waals surface area contributed by atoms with E-state index in [-0.39, 0.29) is 10.8 Å². The summed E-state index contributed by atoms with van der Waals surface area (Å²) in [6.07, 6.45) is -0.312. The third-order valence-electron chi connectivity index (χ3n) is 2.39. The van der Waals surface area contributed by atoms with E-state index in [2.05, 4.69) is 4.72 Å². The molecule has 1 unspecified atom stereocenters. The van der Waals surface area contributed by atoms with E-state index in [1.54, 1.807) is 6.07 Å². The molecule has 2 aromatic heterocycles. The van der Waals surface area contributed by atoms with Crippen molar-refractivity contribution in [1.82, 2.24) is 4.72 Å². The minimum absolute atomic E-state index is 0.177. The lowest BCUT2D eigenvalue weighted by molar-refractivity contribution is 0.173. The van der Waals surface area contributed by atoms with Crippen LogP contribution in [-0.2, 0) is 10.0 Å². The molecule has 2 aromatic rings. The second kappa shape index (κ2) is 6.34. The molecule has 2 heterocycles. The standard InChI is InChI=1S/C11H12ClNO3S3/c12-10-3-4-11(18-10)19(15,16)13-6-5-8(14)9-2-1-7-17-9/h1-4,7-8,13-14H,5-6H2. The first-order chi connectivity index (χ1) is 8.99. The van der Waals surface area contributed by atoms with Crippen molar-refractivity contribution in [3.05, 3.63) is 38.9 Å². The SMILES string of the molecule is O=S(=O)(NCCC(O)c1cccs1)c1ccc(Cl)s1. The summed E-state index contributed by atoms with van der Waals surface area (Å²) in [6, 6.07) is 6.68. The maximum Gasteiger partial charge on any atom is 0.250 e. The average Bonchev–Trinajstić information content (AvgIpc) is 2.99. The van der Waals surface area contributed by atoms with E-state index in [1.807, 2.05) is 17.5 Å². The van der Waals surface area contributed by atoms with E-state index < -0.39 is 16.1 Å². The highest BCUT2D eigenvalue weighted by molar-refractivity contribution is 7.91. The van der Waals surface area contributed by atoms with Gasteiger partial charge in [-0.2, -0.15) is 0 Å². The number of hydrogen-bond acceptors (Lipinski definition) is 5. The number of sulfonamides is 1. The molecule has 2 N–H and O–H groups in total. The first-order valence-electron chi connectivity index (χ1n) is 5.45. The van der Waals surface area contributed by atoms with Crippen LogP contribution in [0.3, 0.4) is 0 Å². The van der Waals surface area contributed by atoms with E-state index in [1.165, 1.54) is 17.4 Å². The van der Waals surface area contributed by atoms with Crippen LogP contribution >= 0.6 is 34.3 Å². The van der Waals surface area contributed by atoms with E-state index >= 15 is 0 Å². The Hall–Kier alpha value is -0.440. The van der Waals surface area contributed by atoms with Gasteiger partial charge in [0, 0.05) is 11.4 Å². The smallest absolute Gasteiger partial charge is 0.250 e. The summed E-state index contributed by atoms with van der Waals surface area (Å²) in [5.74, 6) is 0. The van der Waals surface area contributed by atoms with Crippen LogP contribution in [0.4, 0.5) is 0 Å². The Morgan fingerprint density at radius 1 is 1.37 bits per heavy atom. The molecule has 0 fully saturated rings.